The summed E-state index contributed by atoms with van der Waals surface area (Å²) in [6, 6.07) is 1.69. The molecule has 3 aliphatic heterocycles. The molecule has 2 fully saturated rings. The molecule has 0 bridgehead atoms. The fraction of sp³-hybridized carbons (Fsp3) is 0.600. The highest BCUT2D eigenvalue weighted by Crippen LogP contribution is 2.38. The third kappa shape index (κ3) is 5.52. The number of carbonyl (C=O) groups is 1. The Morgan fingerprint density at radius 2 is 2.00 bits per heavy atom. The second kappa shape index (κ2) is 11.2. The maximum atomic E-state index is 14.6. The Bertz CT molecular complexity index is 1230. The predicted octanol–water partition coefficient (Wildman–Crippen LogP) is 1.38. The van der Waals surface area contributed by atoms with Gasteiger partial charge in [0.05, 0.1) is 37.8 Å². The van der Waals surface area contributed by atoms with Crippen molar-refractivity contribution >= 4 is 11.7 Å². The summed E-state index contributed by atoms with van der Waals surface area (Å²) >= 11 is 0. The normalized spacial score (nSPS) is 28.3. The van der Waals surface area contributed by atoms with E-state index < -0.39 is 66.9 Å². The number of nitrogens with zero attached hydrogens (tertiary/aromatic N) is 4. The van der Waals surface area contributed by atoms with E-state index in [2.05, 4.69) is 15.5 Å². The van der Waals surface area contributed by atoms with Crippen LogP contribution in [0.15, 0.2) is 23.5 Å². The molecule has 14 heteroatoms. The highest BCUT2D eigenvalue weighted by molar-refractivity contribution is 5.86. The minimum atomic E-state index is -1.40. The standard InChI is InChI=1S/C25H30F2N4O8/c1-13-2-3-15(21(27)20(13)26)16-10-31(30-28-16)22-23(35)18(11-32)38-17(24(22)37-12-19(33)34)8-14-9-25(39-29-14)4-6-36-7-5-25/h2-3,10,17-18,22-24,32,35H,4-9,11-12H2,1H3,(H,33,34)/t17-,18-,22+,23+,24+/m1/s1. The van der Waals surface area contributed by atoms with Gasteiger partial charge in [-0.1, -0.05) is 16.4 Å². The molecule has 0 amide bonds. The molecule has 2 saturated heterocycles. The summed E-state index contributed by atoms with van der Waals surface area (Å²) < 4.78 is 47.1. The summed E-state index contributed by atoms with van der Waals surface area (Å²) in [4.78, 5) is 17.2. The van der Waals surface area contributed by atoms with E-state index in [4.69, 9.17) is 19.0 Å². The van der Waals surface area contributed by atoms with Crippen LogP contribution in [0.5, 0.6) is 0 Å². The Balaban J connectivity index is 1.44. The lowest BCUT2D eigenvalue weighted by Crippen LogP contribution is -2.57. The molecule has 3 N–H and O–H groups in total. The zero-order valence-electron chi connectivity index (χ0n) is 21.2. The van der Waals surface area contributed by atoms with Crippen molar-refractivity contribution in [1.29, 1.82) is 0 Å². The van der Waals surface area contributed by atoms with Crippen molar-refractivity contribution in [3.63, 3.8) is 0 Å². The molecule has 0 saturated carbocycles. The van der Waals surface area contributed by atoms with Crippen LogP contribution < -0.4 is 0 Å². The zero-order valence-corrected chi connectivity index (χ0v) is 21.2. The van der Waals surface area contributed by atoms with Crippen LogP contribution in [-0.2, 0) is 23.8 Å². The number of aliphatic carboxylic acids is 1. The monoisotopic (exact) mass is 552 g/mol. The van der Waals surface area contributed by atoms with Crippen LogP contribution in [0.25, 0.3) is 11.3 Å². The lowest BCUT2D eigenvalue weighted by molar-refractivity contribution is -0.218. The largest absolute Gasteiger partial charge is 0.480 e. The van der Waals surface area contributed by atoms with E-state index in [0.717, 1.165) is 0 Å². The van der Waals surface area contributed by atoms with Crippen molar-refractivity contribution in [1.82, 2.24) is 15.0 Å². The van der Waals surface area contributed by atoms with Crippen LogP contribution in [0.2, 0.25) is 0 Å². The van der Waals surface area contributed by atoms with E-state index in [1.54, 1.807) is 0 Å². The van der Waals surface area contributed by atoms with E-state index in [0.29, 0.717) is 38.2 Å². The summed E-state index contributed by atoms with van der Waals surface area (Å²) in [5, 5.41) is 42.6. The number of carboxylic acid groups (broad SMARTS) is 1. The van der Waals surface area contributed by atoms with Crippen molar-refractivity contribution in [2.45, 2.75) is 68.7 Å². The van der Waals surface area contributed by atoms with Gasteiger partial charge in [-0.15, -0.1) is 5.10 Å². The van der Waals surface area contributed by atoms with E-state index >= 15 is 0 Å². The molecular weight excluding hydrogens is 522 g/mol. The number of halogens is 2. The number of aryl methyl sites for hydroxylation is 1. The van der Waals surface area contributed by atoms with E-state index in [1.807, 2.05) is 0 Å². The molecule has 1 spiro atoms. The van der Waals surface area contributed by atoms with Gasteiger partial charge < -0.3 is 34.4 Å². The maximum Gasteiger partial charge on any atom is 0.329 e. The SMILES string of the molecule is Cc1ccc(-c2cn([C@H]3[C@@H](O)[C@@H](CO)O[C@H](CC4=NOC5(CCOCC5)C4)[C@@H]3OCC(=O)O)nn2)c(F)c1F. The molecule has 1 aromatic carbocycles. The summed E-state index contributed by atoms with van der Waals surface area (Å²) in [5.41, 5.74) is 0.177. The fourth-order valence-corrected chi connectivity index (χ4v) is 5.35. The average Bonchev–Trinajstić information content (AvgIpc) is 3.55. The van der Waals surface area contributed by atoms with Crippen molar-refractivity contribution in [2.75, 3.05) is 26.4 Å². The second-order valence-electron chi connectivity index (χ2n) is 10.1. The Hall–Kier alpha value is -3.04. The van der Waals surface area contributed by atoms with Crippen LogP contribution >= 0.6 is 0 Å². The molecular formula is C25H30F2N4O8. The Morgan fingerprint density at radius 3 is 2.72 bits per heavy atom. The molecule has 212 valence electrons. The van der Waals surface area contributed by atoms with Gasteiger partial charge in [0.25, 0.3) is 0 Å². The molecule has 12 nitrogen and oxygen atoms in total. The number of aliphatic hydroxyl groups is 2. The summed E-state index contributed by atoms with van der Waals surface area (Å²) in [6.07, 6.45) is -1.07. The number of ether oxygens (including phenoxy) is 3. The Kier molecular flexibility index (Phi) is 7.91. The van der Waals surface area contributed by atoms with Crippen molar-refractivity contribution in [2.24, 2.45) is 5.16 Å². The summed E-state index contributed by atoms with van der Waals surface area (Å²) in [5.74, 6) is -3.36. The van der Waals surface area contributed by atoms with E-state index in [-0.39, 0.29) is 23.2 Å². The number of hydrogen-bond acceptors (Lipinski definition) is 10. The number of carboxylic acids is 1. The Morgan fingerprint density at radius 1 is 1.23 bits per heavy atom. The molecule has 5 rings (SSSR count). The van der Waals surface area contributed by atoms with Crippen LogP contribution in [0.3, 0.4) is 0 Å². The van der Waals surface area contributed by atoms with Crippen LogP contribution in [0, 0.1) is 18.6 Å². The van der Waals surface area contributed by atoms with Gasteiger partial charge in [-0.25, -0.2) is 18.3 Å². The van der Waals surface area contributed by atoms with Gasteiger partial charge in [0.1, 0.15) is 42.3 Å². The number of aromatic nitrogens is 3. The maximum absolute atomic E-state index is 14.6. The van der Waals surface area contributed by atoms with Gasteiger partial charge in [-0.2, -0.15) is 0 Å². The summed E-state index contributed by atoms with van der Waals surface area (Å²) in [7, 11) is 0. The number of aliphatic hydroxyl groups excluding tert-OH is 2. The molecule has 3 aliphatic rings. The fourth-order valence-electron chi connectivity index (χ4n) is 5.35. The molecule has 0 unspecified atom stereocenters. The van der Waals surface area contributed by atoms with Crippen LogP contribution in [0.4, 0.5) is 8.78 Å². The third-order valence-electron chi connectivity index (χ3n) is 7.47. The quantitative estimate of drug-likeness (QED) is 0.437. The molecule has 0 aliphatic carbocycles. The lowest BCUT2D eigenvalue weighted by atomic mass is 9.85. The lowest BCUT2D eigenvalue weighted by Gasteiger charge is -2.44. The van der Waals surface area contributed by atoms with Crippen LogP contribution in [0.1, 0.15) is 37.3 Å². The highest BCUT2D eigenvalue weighted by atomic mass is 19.2. The zero-order chi connectivity index (χ0) is 27.7. The minimum absolute atomic E-state index is 0.00537. The molecule has 2 aromatic rings. The molecule has 4 heterocycles. The average molecular weight is 553 g/mol. The summed E-state index contributed by atoms with van der Waals surface area (Å²) in [6.45, 7) is 1.27. The smallest absolute Gasteiger partial charge is 0.329 e. The number of rotatable bonds is 8. The minimum Gasteiger partial charge on any atom is -0.480 e. The predicted molar refractivity (Wildman–Crippen MR) is 129 cm³/mol. The second-order valence-corrected chi connectivity index (χ2v) is 10.1. The van der Waals surface area contributed by atoms with Crippen LogP contribution in [-0.4, -0.2) is 98.4 Å². The van der Waals surface area contributed by atoms with Crippen molar-refractivity contribution < 1.29 is 47.9 Å². The molecule has 5 atom stereocenters. The van der Waals surface area contributed by atoms with Gasteiger partial charge in [-0.05, 0) is 18.6 Å². The van der Waals surface area contributed by atoms with E-state index in [9.17, 15) is 28.9 Å². The van der Waals surface area contributed by atoms with Gasteiger partial charge in [0.15, 0.2) is 11.6 Å². The first-order valence-corrected chi connectivity index (χ1v) is 12.7. The van der Waals surface area contributed by atoms with E-state index in [1.165, 1.54) is 29.9 Å². The topological polar surface area (TPSA) is 158 Å². The Labute approximate surface area is 222 Å². The van der Waals surface area contributed by atoms with Gasteiger partial charge in [-0.3, -0.25) is 0 Å². The molecule has 1 aromatic heterocycles. The van der Waals surface area contributed by atoms with Gasteiger partial charge in [0.2, 0.25) is 0 Å². The van der Waals surface area contributed by atoms with Crippen molar-refractivity contribution in [3.05, 3.63) is 35.5 Å². The van der Waals surface area contributed by atoms with Crippen molar-refractivity contribution in [3.8, 4) is 11.3 Å². The number of benzene rings is 1. The number of oxime groups is 1. The molecule has 39 heavy (non-hydrogen) atoms. The van der Waals surface area contributed by atoms with Gasteiger partial charge in [0, 0.05) is 31.2 Å². The van der Waals surface area contributed by atoms with Gasteiger partial charge >= 0.3 is 5.97 Å². The third-order valence-corrected chi connectivity index (χ3v) is 7.47. The first-order valence-electron chi connectivity index (χ1n) is 12.7. The highest BCUT2D eigenvalue weighted by Gasteiger charge is 2.49. The first kappa shape index (κ1) is 27.5. The molecule has 0 radical (unpaired) electrons. The number of hydrogen-bond donors (Lipinski definition) is 3. The first-order chi connectivity index (χ1) is 18.7.